The maximum absolute atomic E-state index is 4.36. The van der Waals surface area contributed by atoms with E-state index in [0.29, 0.717) is 0 Å². The van der Waals surface area contributed by atoms with Crippen molar-refractivity contribution in [1.82, 2.24) is 0 Å². The summed E-state index contributed by atoms with van der Waals surface area (Å²) in [5.74, 6) is 4.36. The van der Waals surface area contributed by atoms with E-state index in [9.17, 15) is 0 Å². The summed E-state index contributed by atoms with van der Waals surface area (Å²) < 4.78 is 0. The highest BCUT2D eigenvalue weighted by molar-refractivity contribution is 4.08. The molecule has 4 heavy (non-hydrogen) atoms. The number of nitrogens with two attached hydrogens (primary N) is 1. The molecule has 0 bridgehead atoms. The molecule has 0 aliphatic heterocycles. The van der Waals surface area contributed by atoms with Crippen molar-refractivity contribution in [1.29, 1.82) is 0 Å². The molecule has 0 aliphatic carbocycles. The maximum atomic E-state index is 4.36. The first-order chi connectivity index (χ1) is 1.91. The topological polar surface area (TPSA) is 50.7 Å². The second kappa shape index (κ2) is 2.40. The van der Waals surface area contributed by atoms with Crippen molar-refractivity contribution in [2.75, 3.05) is 0 Å². The summed E-state index contributed by atoms with van der Waals surface area (Å²) in [6, 6.07) is 0. The highest BCUT2D eigenvalue weighted by Crippen LogP contribution is 1.47. The third kappa shape index (κ3) is 1.40. The zero-order valence-electron chi connectivity index (χ0n) is 2.05. The maximum Gasteiger partial charge on any atom is 0.126 e. The lowest BCUT2D eigenvalue weighted by Crippen LogP contribution is -1.69. The Morgan fingerprint density at radius 3 is 2.00 bits per heavy atom. The van der Waals surface area contributed by atoms with E-state index in [1.165, 1.54) is 0 Å². The fraction of sp³-hybridized carbons (Fsp3) is 0. The Kier molecular flexibility index (Phi) is 2.04. The largest absolute Gasteiger partial charge is 0.305 e. The van der Waals surface area contributed by atoms with Gasteiger partial charge in [-0.3, -0.25) is 0 Å². The Hall–Kier alpha value is -0.600. The molecule has 0 aromatic heterocycles. The van der Waals surface area contributed by atoms with Crippen LogP contribution in [0, 0.1) is 7.05 Å². The summed E-state index contributed by atoms with van der Waals surface area (Å²) in [6.07, 6.45) is 0. The van der Waals surface area contributed by atoms with Crippen LogP contribution in [0.4, 0.5) is 0 Å². The first-order valence-electron chi connectivity index (χ1n) is 0.716. The van der Waals surface area contributed by atoms with E-state index in [1.807, 2.05) is 0 Å². The molecule has 0 saturated heterocycles. The SMILES string of the molecule is [CH]N=NN. The van der Waals surface area contributed by atoms with Crippen LogP contribution in [0.5, 0.6) is 0 Å². The van der Waals surface area contributed by atoms with Gasteiger partial charge in [-0.1, -0.05) is 5.22 Å². The van der Waals surface area contributed by atoms with Crippen molar-refractivity contribution in [2.45, 2.75) is 0 Å². The van der Waals surface area contributed by atoms with Crippen LogP contribution in [0.2, 0.25) is 0 Å². The summed E-state index contributed by atoms with van der Waals surface area (Å²) in [5.41, 5.74) is 0. The van der Waals surface area contributed by atoms with Gasteiger partial charge in [-0.2, -0.15) is 5.11 Å². The fourth-order valence-corrected chi connectivity index (χ4v) is 0. The lowest BCUT2D eigenvalue weighted by Gasteiger charge is -1.54. The van der Waals surface area contributed by atoms with Gasteiger partial charge in [0.1, 0.15) is 7.05 Å². The van der Waals surface area contributed by atoms with E-state index in [0.717, 1.165) is 0 Å². The molecule has 0 heterocycles. The smallest absolute Gasteiger partial charge is 0.126 e. The Morgan fingerprint density at radius 2 is 2.00 bits per heavy atom. The van der Waals surface area contributed by atoms with E-state index in [4.69, 9.17) is 0 Å². The molecule has 3 heteroatoms. The summed E-state index contributed by atoms with van der Waals surface area (Å²) in [7, 11) is 4.36. The van der Waals surface area contributed by atoms with Crippen molar-refractivity contribution in [3.8, 4) is 0 Å². The van der Waals surface area contributed by atoms with Crippen molar-refractivity contribution in [3.05, 3.63) is 7.05 Å². The van der Waals surface area contributed by atoms with Crippen LogP contribution in [-0.2, 0) is 0 Å². The Morgan fingerprint density at radius 1 is 1.75 bits per heavy atom. The zero-order valence-corrected chi connectivity index (χ0v) is 2.05. The molecular formula is CH3N3. The quantitative estimate of drug-likeness (QED) is 0.237. The number of hydrogen-bond acceptors (Lipinski definition) is 2. The third-order valence-electron chi connectivity index (χ3n) is 0.0667. The van der Waals surface area contributed by atoms with Gasteiger partial charge in [0.25, 0.3) is 0 Å². The van der Waals surface area contributed by atoms with Crippen LogP contribution < -0.4 is 5.84 Å². The van der Waals surface area contributed by atoms with E-state index >= 15 is 0 Å². The molecule has 2 N–H and O–H groups in total. The first-order valence-corrected chi connectivity index (χ1v) is 0.716. The van der Waals surface area contributed by atoms with Crippen molar-refractivity contribution in [2.24, 2.45) is 16.2 Å². The predicted molar refractivity (Wildman–Crippen MR) is 13.3 cm³/mol. The Bertz CT molecular complexity index is 18.5. The second-order valence-corrected chi connectivity index (χ2v) is 0.231. The van der Waals surface area contributed by atoms with Crippen molar-refractivity contribution >= 4 is 0 Å². The lowest BCUT2D eigenvalue weighted by atomic mass is 11.6. The Labute approximate surface area is 24.5 Å². The van der Waals surface area contributed by atoms with Gasteiger partial charge in [0.05, 0.1) is 0 Å². The summed E-state index contributed by atoms with van der Waals surface area (Å²) in [4.78, 5) is 0. The third-order valence-corrected chi connectivity index (χ3v) is 0.0667. The van der Waals surface area contributed by atoms with Crippen molar-refractivity contribution < 1.29 is 0 Å². The van der Waals surface area contributed by atoms with Crippen LogP contribution >= 0.6 is 0 Å². The minimum atomic E-state index is 2.64. The van der Waals surface area contributed by atoms with Crippen molar-refractivity contribution in [3.63, 3.8) is 0 Å². The molecule has 0 rings (SSSR count). The normalized spacial score (nSPS) is 9.25. The summed E-state index contributed by atoms with van der Waals surface area (Å²) in [6.45, 7) is 0. The predicted octanol–water partition coefficient (Wildman–Crippen LogP) is -0.0191. The van der Waals surface area contributed by atoms with Gasteiger partial charge >= 0.3 is 0 Å². The minimum Gasteiger partial charge on any atom is -0.305 e. The highest BCUT2D eigenvalue weighted by Gasteiger charge is 1.32. The molecule has 2 radical (unpaired) electrons. The minimum absolute atomic E-state index is 2.64. The average Bonchev–Trinajstić information content (AvgIpc) is 1.37. The van der Waals surface area contributed by atoms with Gasteiger partial charge in [-0.05, 0) is 0 Å². The first kappa shape index (κ1) is 3.40. The number of rotatable bonds is 0. The average molecular weight is 57.1 g/mol. The van der Waals surface area contributed by atoms with Crippen LogP contribution in [0.3, 0.4) is 0 Å². The molecule has 22 valence electrons. The molecule has 0 aliphatic rings. The van der Waals surface area contributed by atoms with Crippen LogP contribution in [0.15, 0.2) is 10.3 Å². The number of nitrogens with zero attached hydrogens (tertiary/aromatic N) is 2. The molecule has 3 nitrogen and oxygen atoms in total. The van der Waals surface area contributed by atoms with E-state index < -0.39 is 0 Å². The van der Waals surface area contributed by atoms with E-state index in [-0.39, 0.29) is 0 Å². The Balaban J connectivity index is 2.55. The molecule has 0 unspecified atom stereocenters. The standard InChI is InChI=1S/CH3N3/c1-3-4-2/h1H,(H2,2,3). The molecular weight excluding hydrogens is 54.0 g/mol. The van der Waals surface area contributed by atoms with Gasteiger partial charge in [0.2, 0.25) is 0 Å². The fourth-order valence-electron chi connectivity index (χ4n) is 0. The lowest BCUT2D eigenvalue weighted by molar-refractivity contribution is 1.06. The van der Waals surface area contributed by atoms with Gasteiger partial charge < -0.3 is 5.84 Å². The molecule has 0 atom stereocenters. The van der Waals surface area contributed by atoms with Gasteiger partial charge in [-0.15, -0.1) is 0 Å². The van der Waals surface area contributed by atoms with Gasteiger partial charge in [0, 0.05) is 0 Å². The molecule has 0 aromatic carbocycles. The molecule has 0 aromatic rings. The second-order valence-electron chi connectivity index (χ2n) is 0.231. The van der Waals surface area contributed by atoms with Crippen LogP contribution in [0.1, 0.15) is 0 Å². The summed E-state index contributed by atoms with van der Waals surface area (Å²) >= 11 is 0. The highest BCUT2D eigenvalue weighted by atomic mass is 15.3. The monoisotopic (exact) mass is 57.0 g/mol. The molecule has 0 fully saturated rings. The van der Waals surface area contributed by atoms with E-state index in [2.05, 4.69) is 23.2 Å². The summed E-state index contributed by atoms with van der Waals surface area (Å²) in [5, 5.41) is 5.28. The van der Waals surface area contributed by atoms with E-state index in [1.54, 1.807) is 0 Å². The molecule has 0 saturated carbocycles. The van der Waals surface area contributed by atoms with Crippen LogP contribution in [-0.4, -0.2) is 0 Å². The molecule has 0 spiro atoms. The zero-order chi connectivity index (χ0) is 3.41. The van der Waals surface area contributed by atoms with Crippen LogP contribution in [0.25, 0.3) is 0 Å². The van der Waals surface area contributed by atoms with Gasteiger partial charge in [0.15, 0.2) is 0 Å². The van der Waals surface area contributed by atoms with Gasteiger partial charge in [-0.25, -0.2) is 0 Å². The molecule has 0 amide bonds. The number of hydrogen-bond donors (Lipinski definition) is 1.